The second-order valence-electron chi connectivity index (χ2n) is 3.70. The van der Waals surface area contributed by atoms with Crippen LogP contribution in [0.1, 0.15) is 40.3 Å². The summed E-state index contributed by atoms with van der Waals surface area (Å²) in [6.45, 7) is 4.60. The molecule has 0 aliphatic carbocycles. The van der Waals surface area contributed by atoms with Crippen LogP contribution in [0.2, 0.25) is 0 Å². The number of esters is 1. The zero-order valence-electron chi connectivity index (χ0n) is 10.8. The molecule has 0 saturated carbocycles. The predicted octanol–water partition coefficient (Wildman–Crippen LogP) is 2.14. The summed E-state index contributed by atoms with van der Waals surface area (Å²) in [5.41, 5.74) is 0.0219. The maximum Gasteiger partial charge on any atom is 0.344 e. The van der Waals surface area contributed by atoms with Crippen molar-refractivity contribution in [3.8, 4) is 0 Å². The van der Waals surface area contributed by atoms with Gasteiger partial charge in [0.1, 0.15) is 17.2 Å². The molecule has 0 saturated heterocycles. The highest BCUT2D eigenvalue weighted by molar-refractivity contribution is 6.29. The molecule has 0 radical (unpaired) electrons. The van der Waals surface area contributed by atoms with E-state index < -0.39 is 11.9 Å². The fourth-order valence-corrected chi connectivity index (χ4v) is 1.68. The second kappa shape index (κ2) is 6.38. The highest BCUT2D eigenvalue weighted by atomic mass is 35.5. The van der Waals surface area contributed by atoms with Crippen molar-refractivity contribution in [2.45, 2.75) is 20.8 Å². The molecule has 0 fully saturated rings. The second-order valence-corrected chi connectivity index (χ2v) is 3.96. The third kappa shape index (κ3) is 3.35. The monoisotopic (exact) mass is 287 g/mol. The van der Waals surface area contributed by atoms with E-state index >= 15 is 0 Å². The zero-order valence-corrected chi connectivity index (χ0v) is 11.6. The third-order valence-corrected chi connectivity index (χ3v) is 2.53. The zero-order chi connectivity index (χ0) is 14.6. The highest BCUT2D eigenvalue weighted by Gasteiger charge is 2.28. The van der Waals surface area contributed by atoms with Crippen molar-refractivity contribution in [1.29, 1.82) is 0 Å². The molecule has 6 nitrogen and oxygen atoms in total. The summed E-state index contributed by atoms with van der Waals surface area (Å²) in [4.78, 5) is 34.7. The minimum absolute atomic E-state index is 0.0784. The molecule has 1 amide bonds. The van der Waals surface area contributed by atoms with Gasteiger partial charge in [0.2, 0.25) is 11.8 Å². The van der Waals surface area contributed by atoms with Gasteiger partial charge in [0.05, 0.1) is 12.2 Å². The molecule has 0 bridgehead atoms. The first-order valence-electron chi connectivity index (χ1n) is 5.59. The van der Waals surface area contributed by atoms with Crippen LogP contribution in [0.3, 0.4) is 0 Å². The van der Waals surface area contributed by atoms with E-state index in [1.54, 1.807) is 6.92 Å². The summed E-state index contributed by atoms with van der Waals surface area (Å²) in [7, 11) is 0. The molecule has 0 aliphatic rings. The molecule has 19 heavy (non-hydrogen) atoms. The van der Waals surface area contributed by atoms with Gasteiger partial charge in [-0.3, -0.25) is 14.9 Å². The molecule has 0 aliphatic heterocycles. The van der Waals surface area contributed by atoms with Crippen LogP contribution in [-0.2, 0) is 9.53 Å². The van der Waals surface area contributed by atoms with Gasteiger partial charge in [-0.15, -0.1) is 11.6 Å². The quantitative estimate of drug-likeness (QED) is 0.509. The number of hydrogen-bond acceptors (Lipinski definition) is 5. The van der Waals surface area contributed by atoms with E-state index in [1.165, 1.54) is 13.8 Å². The van der Waals surface area contributed by atoms with Crippen LogP contribution < -0.4 is 5.32 Å². The van der Waals surface area contributed by atoms with Crippen LogP contribution in [-0.4, -0.2) is 30.1 Å². The van der Waals surface area contributed by atoms with E-state index in [1.807, 2.05) is 0 Å². The molecule has 1 N–H and O–H groups in total. The number of amides is 1. The number of alkyl halides is 1. The highest BCUT2D eigenvalue weighted by Crippen LogP contribution is 2.28. The van der Waals surface area contributed by atoms with Crippen molar-refractivity contribution in [3.05, 3.63) is 16.9 Å². The van der Waals surface area contributed by atoms with Gasteiger partial charge in [-0.1, -0.05) is 0 Å². The number of halogens is 1. The van der Waals surface area contributed by atoms with Crippen LogP contribution in [0.4, 0.5) is 5.88 Å². The number of carbonyl (C=O) groups excluding carboxylic acids is 3. The predicted molar refractivity (Wildman–Crippen MR) is 68.8 cm³/mol. The van der Waals surface area contributed by atoms with Gasteiger partial charge in [0, 0.05) is 0 Å². The summed E-state index contributed by atoms with van der Waals surface area (Å²) in [6.07, 6.45) is 0. The maximum absolute atomic E-state index is 11.9. The molecule has 0 atom stereocenters. The van der Waals surface area contributed by atoms with Crippen LogP contribution in [0.5, 0.6) is 0 Å². The summed E-state index contributed by atoms with van der Waals surface area (Å²) in [5.74, 6) is -1.80. The number of carbonyl (C=O) groups is 3. The molecule has 0 aromatic carbocycles. The molecule has 1 rings (SSSR count). The number of ether oxygens (including phenoxy) is 1. The SMILES string of the molecule is CCOC(=O)c1c(NC(=O)CCl)oc(C)c1C(C)=O. The first kappa shape index (κ1) is 15.2. The van der Waals surface area contributed by atoms with Crippen molar-refractivity contribution < 1.29 is 23.5 Å². The van der Waals surface area contributed by atoms with Crippen molar-refractivity contribution >= 4 is 35.1 Å². The van der Waals surface area contributed by atoms with E-state index in [4.69, 9.17) is 20.8 Å². The lowest BCUT2D eigenvalue weighted by Gasteiger charge is -2.04. The Bertz CT molecular complexity index is 520. The molecular weight excluding hydrogens is 274 g/mol. The third-order valence-electron chi connectivity index (χ3n) is 2.29. The van der Waals surface area contributed by atoms with Gasteiger partial charge in [0.25, 0.3) is 0 Å². The molecule has 0 unspecified atom stereocenters. The van der Waals surface area contributed by atoms with Gasteiger partial charge in [-0.05, 0) is 20.8 Å². The summed E-state index contributed by atoms with van der Waals surface area (Å²) >= 11 is 5.37. The van der Waals surface area contributed by atoms with Crippen molar-refractivity contribution in [3.63, 3.8) is 0 Å². The lowest BCUT2D eigenvalue weighted by molar-refractivity contribution is -0.114. The molecule has 104 valence electrons. The summed E-state index contributed by atoms with van der Waals surface area (Å²) in [6, 6.07) is 0. The maximum atomic E-state index is 11.9. The summed E-state index contributed by atoms with van der Waals surface area (Å²) in [5, 5.41) is 2.33. The fourth-order valence-electron chi connectivity index (χ4n) is 1.61. The van der Waals surface area contributed by atoms with E-state index in [0.717, 1.165) is 0 Å². The Morgan fingerprint density at radius 2 is 1.95 bits per heavy atom. The topological polar surface area (TPSA) is 85.6 Å². The van der Waals surface area contributed by atoms with Crippen LogP contribution in [0.15, 0.2) is 4.42 Å². The van der Waals surface area contributed by atoms with E-state index in [0.29, 0.717) is 0 Å². The van der Waals surface area contributed by atoms with Crippen LogP contribution >= 0.6 is 11.6 Å². The number of aryl methyl sites for hydroxylation is 1. The average Bonchev–Trinajstić information content (AvgIpc) is 2.66. The Morgan fingerprint density at radius 3 is 2.42 bits per heavy atom. The number of furan rings is 1. The first-order valence-corrected chi connectivity index (χ1v) is 6.13. The van der Waals surface area contributed by atoms with E-state index in [9.17, 15) is 14.4 Å². The number of ketones is 1. The lowest BCUT2D eigenvalue weighted by Crippen LogP contribution is -2.16. The Hall–Kier alpha value is -1.82. The number of anilines is 1. The minimum Gasteiger partial charge on any atom is -0.462 e. The molecule has 1 aromatic rings. The van der Waals surface area contributed by atoms with Gasteiger partial charge in [0.15, 0.2) is 5.78 Å². The Balaban J connectivity index is 3.30. The van der Waals surface area contributed by atoms with Gasteiger partial charge < -0.3 is 9.15 Å². The number of Topliss-reactive ketones (excluding diaryl/α,β-unsaturated/α-hetero) is 1. The van der Waals surface area contributed by atoms with Crippen LogP contribution in [0, 0.1) is 6.92 Å². The molecule has 1 heterocycles. The molecule has 0 spiro atoms. The van der Waals surface area contributed by atoms with Crippen molar-refractivity contribution in [2.24, 2.45) is 0 Å². The van der Waals surface area contributed by atoms with Crippen molar-refractivity contribution in [2.75, 3.05) is 17.8 Å². The molecule has 1 aromatic heterocycles. The van der Waals surface area contributed by atoms with E-state index in [2.05, 4.69) is 5.32 Å². The number of nitrogens with one attached hydrogen (secondary N) is 1. The smallest absolute Gasteiger partial charge is 0.344 e. The first-order chi connectivity index (χ1) is 8.92. The summed E-state index contributed by atoms with van der Waals surface area (Å²) < 4.78 is 10.1. The number of rotatable bonds is 5. The average molecular weight is 288 g/mol. The Morgan fingerprint density at radius 1 is 1.32 bits per heavy atom. The Kier molecular flexibility index (Phi) is 5.11. The van der Waals surface area contributed by atoms with Gasteiger partial charge >= 0.3 is 5.97 Å². The lowest BCUT2D eigenvalue weighted by atomic mass is 10.1. The minimum atomic E-state index is -0.727. The molecule has 7 heteroatoms. The normalized spacial score (nSPS) is 10.1. The van der Waals surface area contributed by atoms with E-state index in [-0.39, 0.29) is 41.0 Å². The standard InChI is InChI=1S/C12H14ClNO5/c1-4-18-12(17)10-9(6(2)15)7(3)19-11(10)14-8(16)5-13/h4-5H2,1-3H3,(H,14,16). The molecular formula is C12H14ClNO5. The Labute approximate surface area is 115 Å². The van der Waals surface area contributed by atoms with Gasteiger partial charge in [-0.2, -0.15) is 0 Å². The largest absolute Gasteiger partial charge is 0.462 e. The van der Waals surface area contributed by atoms with Crippen LogP contribution in [0.25, 0.3) is 0 Å². The fraction of sp³-hybridized carbons (Fsp3) is 0.417. The van der Waals surface area contributed by atoms with Crippen molar-refractivity contribution in [1.82, 2.24) is 0 Å². The number of hydrogen-bond donors (Lipinski definition) is 1. The van der Waals surface area contributed by atoms with Gasteiger partial charge in [-0.25, -0.2) is 4.79 Å².